The lowest BCUT2D eigenvalue weighted by atomic mass is 10.2. The first-order chi connectivity index (χ1) is 12.6. The molecule has 10 heteroatoms. The third-order valence-electron chi connectivity index (χ3n) is 3.98. The molecule has 1 heterocycles. The van der Waals surface area contributed by atoms with Crippen molar-refractivity contribution in [2.75, 3.05) is 6.61 Å². The van der Waals surface area contributed by atoms with Gasteiger partial charge in [-0.15, -0.1) is 0 Å². The van der Waals surface area contributed by atoms with Crippen molar-refractivity contribution >= 4 is 21.6 Å². The van der Waals surface area contributed by atoms with Gasteiger partial charge in [-0.2, -0.15) is 13.2 Å². The summed E-state index contributed by atoms with van der Waals surface area (Å²) in [6, 6.07) is 5.32. The number of halogens is 4. The Balaban J connectivity index is 1.72. The minimum Gasteiger partial charge on any atom is -0.477 e. The van der Waals surface area contributed by atoms with Crippen LogP contribution in [0.4, 0.5) is 13.2 Å². The van der Waals surface area contributed by atoms with Gasteiger partial charge < -0.3 is 4.74 Å². The fourth-order valence-corrected chi connectivity index (χ4v) is 3.81. The number of rotatable bonds is 7. The maximum absolute atomic E-state index is 12.8. The molecular formula is C17H16ClF3N2O3S. The second-order valence-corrected chi connectivity index (χ2v) is 8.37. The molecule has 146 valence electrons. The molecular weight excluding hydrogens is 405 g/mol. The Labute approximate surface area is 159 Å². The molecule has 5 nitrogen and oxygen atoms in total. The van der Waals surface area contributed by atoms with Crippen LogP contribution in [0.5, 0.6) is 5.88 Å². The van der Waals surface area contributed by atoms with Gasteiger partial charge in [0.2, 0.25) is 15.9 Å². The van der Waals surface area contributed by atoms with Crippen LogP contribution in [-0.4, -0.2) is 20.0 Å². The van der Waals surface area contributed by atoms with Crippen LogP contribution in [0.1, 0.15) is 24.0 Å². The molecule has 27 heavy (non-hydrogen) atoms. The van der Waals surface area contributed by atoms with Gasteiger partial charge >= 0.3 is 6.18 Å². The van der Waals surface area contributed by atoms with Crippen molar-refractivity contribution in [1.82, 2.24) is 9.71 Å². The summed E-state index contributed by atoms with van der Waals surface area (Å²) < 4.78 is 71.1. The Bertz CT molecular complexity index is 931. The SMILES string of the molecule is O=S(=O)(NCc1ccnc(OCC2CC2)c1)c1cc(C(F)(F)F)ccc1Cl. The van der Waals surface area contributed by atoms with Crippen LogP contribution in [0.25, 0.3) is 0 Å². The van der Waals surface area contributed by atoms with Gasteiger partial charge in [-0.05, 0) is 48.6 Å². The molecule has 1 aliphatic carbocycles. The summed E-state index contributed by atoms with van der Waals surface area (Å²) in [5, 5.41) is -0.293. The summed E-state index contributed by atoms with van der Waals surface area (Å²) in [5.41, 5.74) is -0.533. The summed E-state index contributed by atoms with van der Waals surface area (Å²) in [5.74, 6) is 0.910. The molecule has 0 amide bonds. The van der Waals surface area contributed by atoms with Crippen LogP contribution in [0.15, 0.2) is 41.4 Å². The van der Waals surface area contributed by atoms with Crippen molar-refractivity contribution in [2.45, 2.75) is 30.5 Å². The van der Waals surface area contributed by atoms with Gasteiger partial charge in [-0.1, -0.05) is 11.6 Å². The number of hydrogen-bond donors (Lipinski definition) is 1. The number of benzene rings is 1. The number of sulfonamides is 1. The van der Waals surface area contributed by atoms with Crippen LogP contribution in [0.2, 0.25) is 5.02 Å². The van der Waals surface area contributed by atoms with Gasteiger partial charge in [0.25, 0.3) is 0 Å². The smallest absolute Gasteiger partial charge is 0.416 e. The number of pyridine rings is 1. The molecule has 1 aliphatic rings. The third-order valence-corrected chi connectivity index (χ3v) is 5.86. The minimum absolute atomic E-state index is 0.142. The lowest BCUT2D eigenvalue weighted by molar-refractivity contribution is -0.137. The molecule has 2 aromatic rings. The Morgan fingerprint density at radius 2 is 1.96 bits per heavy atom. The Morgan fingerprint density at radius 3 is 2.63 bits per heavy atom. The monoisotopic (exact) mass is 420 g/mol. The third kappa shape index (κ3) is 5.33. The van der Waals surface area contributed by atoms with Crippen molar-refractivity contribution in [1.29, 1.82) is 0 Å². The summed E-state index contributed by atoms with van der Waals surface area (Å²) in [6.07, 6.45) is -0.953. The van der Waals surface area contributed by atoms with Gasteiger partial charge in [-0.3, -0.25) is 0 Å². The lowest BCUT2D eigenvalue weighted by Gasteiger charge is -2.12. The van der Waals surface area contributed by atoms with Crippen molar-refractivity contribution in [3.8, 4) is 5.88 Å². The molecule has 1 aromatic heterocycles. The second kappa shape index (κ2) is 7.65. The molecule has 1 saturated carbocycles. The highest BCUT2D eigenvalue weighted by Gasteiger charge is 2.32. The van der Waals surface area contributed by atoms with Crippen LogP contribution < -0.4 is 9.46 Å². The van der Waals surface area contributed by atoms with E-state index in [1.165, 1.54) is 6.20 Å². The van der Waals surface area contributed by atoms with E-state index < -0.39 is 26.7 Å². The molecule has 1 fully saturated rings. The first-order valence-corrected chi connectivity index (χ1v) is 9.95. The maximum atomic E-state index is 12.8. The topological polar surface area (TPSA) is 68.3 Å². The number of alkyl halides is 3. The zero-order valence-corrected chi connectivity index (χ0v) is 15.5. The second-order valence-electron chi connectivity index (χ2n) is 6.22. The summed E-state index contributed by atoms with van der Waals surface area (Å²) >= 11 is 5.80. The number of ether oxygens (including phenoxy) is 1. The highest BCUT2D eigenvalue weighted by molar-refractivity contribution is 7.89. The highest BCUT2D eigenvalue weighted by atomic mass is 35.5. The van der Waals surface area contributed by atoms with Crippen molar-refractivity contribution in [2.24, 2.45) is 5.92 Å². The first-order valence-electron chi connectivity index (χ1n) is 8.09. The Hall–Kier alpha value is -1.84. The van der Waals surface area contributed by atoms with Crippen molar-refractivity contribution in [3.05, 3.63) is 52.7 Å². The number of nitrogens with zero attached hydrogens (tertiary/aromatic N) is 1. The minimum atomic E-state index is -4.67. The molecule has 0 spiro atoms. The molecule has 1 aromatic carbocycles. The predicted molar refractivity (Wildman–Crippen MR) is 92.9 cm³/mol. The van der Waals surface area contributed by atoms with Crippen molar-refractivity contribution < 1.29 is 26.3 Å². The molecule has 0 saturated heterocycles. The van der Waals surface area contributed by atoms with Gasteiger partial charge in [0.1, 0.15) is 4.90 Å². The van der Waals surface area contributed by atoms with Crippen molar-refractivity contribution in [3.63, 3.8) is 0 Å². The van der Waals surface area contributed by atoms with Gasteiger partial charge in [0, 0.05) is 18.8 Å². The lowest BCUT2D eigenvalue weighted by Crippen LogP contribution is -2.24. The normalized spacial score (nSPS) is 15.0. The standard InChI is InChI=1S/C17H16ClF3N2O3S/c18-14-4-3-13(17(19,20)21)8-15(14)27(24,25)23-9-12-5-6-22-16(7-12)26-10-11-1-2-11/h3-8,11,23H,1-2,9-10H2. The fraction of sp³-hybridized carbons (Fsp3) is 0.353. The first kappa shape index (κ1) is 19.9. The van der Waals surface area contributed by atoms with E-state index in [4.69, 9.17) is 16.3 Å². The molecule has 0 bridgehead atoms. The van der Waals surface area contributed by atoms with Gasteiger partial charge in [-0.25, -0.2) is 18.1 Å². The van der Waals surface area contributed by atoms with E-state index in [0.29, 0.717) is 30.0 Å². The quantitative estimate of drug-likeness (QED) is 0.734. The number of hydrogen-bond acceptors (Lipinski definition) is 4. The molecule has 0 aliphatic heterocycles. The predicted octanol–water partition coefficient (Wildman–Crippen LogP) is 4.02. The van der Waals surface area contributed by atoms with E-state index >= 15 is 0 Å². The summed E-state index contributed by atoms with van der Waals surface area (Å²) in [6.45, 7) is 0.416. The summed E-state index contributed by atoms with van der Waals surface area (Å²) in [4.78, 5) is 3.42. The van der Waals surface area contributed by atoms with E-state index in [0.717, 1.165) is 25.0 Å². The molecule has 3 rings (SSSR count). The van der Waals surface area contributed by atoms with E-state index in [9.17, 15) is 21.6 Å². The number of nitrogens with one attached hydrogen (secondary N) is 1. The van der Waals surface area contributed by atoms with Crippen LogP contribution in [0.3, 0.4) is 0 Å². The van der Waals surface area contributed by atoms with E-state index in [1.807, 2.05) is 0 Å². The zero-order valence-electron chi connectivity index (χ0n) is 14.0. The van der Waals surface area contributed by atoms with E-state index in [2.05, 4.69) is 9.71 Å². The maximum Gasteiger partial charge on any atom is 0.416 e. The Morgan fingerprint density at radius 1 is 1.22 bits per heavy atom. The molecule has 0 radical (unpaired) electrons. The molecule has 0 unspecified atom stereocenters. The van der Waals surface area contributed by atoms with Gasteiger partial charge in [0.05, 0.1) is 17.2 Å². The molecule has 0 atom stereocenters. The Kier molecular flexibility index (Phi) is 5.64. The van der Waals surface area contributed by atoms with E-state index in [-0.39, 0.29) is 11.6 Å². The van der Waals surface area contributed by atoms with Crippen LogP contribution in [-0.2, 0) is 22.7 Å². The van der Waals surface area contributed by atoms with Crippen LogP contribution in [0, 0.1) is 5.92 Å². The summed E-state index contributed by atoms with van der Waals surface area (Å²) in [7, 11) is -4.24. The zero-order chi connectivity index (χ0) is 19.7. The van der Waals surface area contributed by atoms with Gasteiger partial charge in [0.15, 0.2) is 0 Å². The molecule has 1 N–H and O–H groups in total. The average Bonchev–Trinajstić information content (AvgIpc) is 3.42. The van der Waals surface area contributed by atoms with E-state index in [1.54, 1.807) is 12.1 Å². The number of aromatic nitrogens is 1. The van der Waals surface area contributed by atoms with Crippen LogP contribution >= 0.6 is 11.6 Å². The fourth-order valence-electron chi connectivity index (χ4n) is 2.27. The highest BCUT2D eigenvalue weighted by Crippen LogP contribution is 2.33. The largest absolute Gasteiger partial charge is 0.477 e. The average molecular weight is 421 g/mol.